The zero-order valence-corrected chi connectivity index (χ0v) is 16.0. The molecule has 0 aliphatic carbocycles. The number of hydrogen-bond donors (Lipinski definition) is 2. The highest BCUT2D eigenvalue weighted by atomic mass is 32.1. The number of hydrogen-bond acceptors (Lipinski definition) is 6. The Morgan fingerprint density at radius 2 is 2.00 bits per heavy atom. The maximum absolute atomic E-state index is 9.59. The van der Waals surface area contributed by atoms with Gasteiger partial charge in [0.1, 0.15) is 10.8 Å². The first-order valence-corrected chi connectivity index (χ1v) is 9.38. The summed E-state index contributed by atoms with van der Waals surface area (Å²) < 4.78 is 1.95. The van der Waals surface area contributed by atoms with E-state index in [0.29, 0.717) is 10.6 Å². The highest BCUT2D eigenvalue weighted by molar-refractivity contribution is 7.71. The maximum Gasteiger partial charge on any atom is 0.216 e. The molecule has 0 aliphatic rings. The molecule has 0 amide bonds. The number of aromatic amines is 1. The van der Waals surface area contributed by atoms with Crippen LogP contribution in [0.4, 0.5) is 0 Å². The Morgan fingerprint density at radius 1 is 1.19 bits per heavy atom. The summed E-state index contributed by atoms with van der Waals surface area (Å²) in [4.78, 5) is 5.57. The van der Waals surface area contributed by atoms with Crippen LogP contribution >= 0.6 is 23.6 Å². The van der Waals surface area contributed by atoms with E-state index in [1.807, 2.05) is 43.3 Å². The molecule has 0 bridgehead atoms. The summed E-state index contributed by atoms with van der Waals surface area (Å²) in [5.41, 5.74) is 2.68. The summed E-state index contributed by atoms with van der Waals surface area (Å²) in [7, 11) is 0. The molecule has 8 heteroatoms. The number of phenols is 1. The molecular weight excluding hydrogens is 378 g/mol. The topological polar surface area (TPSA) is 79.1 Å². The van der Waals surface area contributed by atoms with Crippen molar-refractivity contribution in [1.82, 2.24) is 19.9 Å². The minimum Gasteiger partial charge on any atom is -0.508 e. The van der Waals surface area contributed by atoms with Crippen LogP contribution < -0.4 is 0 Å². The fourth-order valence-electron chi connectivity index (χ4n) is 2.58. The van der Waals surface area contributed by atoms with E-state index < -0.39 is 0 Å². The second-order valence-corrected chi connectivity index (χ2v) is 7.19. The molecule has 4 aromatic rings. The van der Waals surface area contributed by atoms with Gasteiger partial charge in [-0.3, -0.25) is 0 Å². The van der Waals surface area contributed by atoms with E-state index in [0.717, 1.165) is 26.7 Å². The van der Waals surface area contributed by atoms with Crippen molar-refractivity contribution in [1.29, 1.82) is 0 Å². The molecule has 27 heavy (non-hydrogen) atoms. The molecule has 2 aromatic carbocycles. The van der Waals surface area contributed by atoms with E-state index in [1.165, 1.54) is 0 Å². The van der Waals surface area contributed by atoms with Gasteiger partial charge in [0, 0.05) is 5.56 Å². The minimum absolute atomic E-state index is 0.181. The summed E-state index contributed by atoms with van der Waals surface area (Å²) in [6.07, 6.45) is 1.63. The van der Waals surface area contributed by atoms with Crippen LogP contribution in [0.5, 0.6) is 5.75 Å². The number of nitrogens with one attached hydrogen (secondary N) is 1. The van der Waals surface area contributed by atoms with E-state index in [-0.39, 0.29) is 5.75 Å². The Hall–Kier alpha value is -3.10. The molecule has 0 atom stereocenters. The summed E-state index contributed by atoms with van der Waals surface area (Å²) >= 11 is 6.87. The van der Waals surface area contributed by atoms with Crippen molar-refractivity contribution in [2.24, 2.45) is 5.10 Å². The lowest BCUT2D eigenvalue weighted by atomic mass is 10.2. The largest absolute Gasteiger partial charge is 0.508 e. The number of nitrogens with zero attached hydrogens (tertiary/aromatic N) is 4. The molecule has 0 saturated heterocycles. The fourth-order valence-corrected chi connectivity index (χ4v) is 3.81. The van der Waals surface area contributed by atoms with Crippen LogP contribution in [0.3, 0.4) is 0 Å². The van der Waals surface area contributed by atoms with Gasteiger partial charge in [0.05, 0.1) is 16.8 Å². The van der Waals surface area contributed by atoms with Crippen LogP contribution in [0.15, 0.2) is 59.7 Å². The van der Waals surface area contributed by atoms with Gasteiger partial charge in [-0.15, -0.1) is 11.3 Å². The van der Waals surface area contributed by atoms with Gasteiger partial charge in [-0.25, -0.2) is 10.1 Å². The summed E-state index contributed by atoms with van der Waals surface area (Å²) in [6, 6.07) is 16.8. The normalized spacial score (nSPS) is 11.3. The van der Waals surface area contributed by atoms with Crippen LogP contribution in [0.2, 0.25) is 0 Å². The smallest absolute Gasteiger partial charge is 0.216 e. The van der Waals surface area contributed by atoms with Gasteiger partial charge in [0.25, 0.3) is 0 Å². The lowest BCUT2D eigenvalue weighted by Crippen LogP contribution is -1.95. The van der Waals surface area contributed by atoms with Gasteiger partial charge in [-0.1, -0.05) is 42.5 Å². The average Bonchev–Trinajstić information content (AvgIpc) is 3.23. The first-order valence-electron chi connectivity index (χ1n) is 8.16. The van der Waals surface area contributed by atoms with Gasteiger partial charge < -0.3 is 5.11 Å². The molecule has 6 nitrogen and oxygen atoms in total. The van der Waals surface area contributed by atoms with Crippen molar-refractivity contribution in [3.05, 3.63) is 70.6 Å². The number of aromatic nitrogens is 4. The third-order valence-corrected chi connectivity index (χ3v) is 5.33. The predicted octanol–water partition coefficient (Wildman–Crippen LogP) is 4.63. The molecule has 0 unspecified atom stereocenters. The van der Waals surface area contributed by atoms with E-state index in [9.17, 15) is 5.11 Å². The van der Waals surface area contributed by atoms with Crippen molar-refractivity contribution in [2.75, 3.05) is 0 Å². The first kappa shape index (κ1) is 17.3. The summed E-state index contributed by atoms with van der Waals surface area (Å²) in [6.45, 7) is 1.94. The lowest BCUT2D eigenvalue weighted by Gasteiger charge is -1.99. The standard InChI is InChI=1S/C19H15N5OS2/c1-12-16(27-18(21-12)14-7-3-2-4-8-14)17-22-23-19(26)24(17)20-11-13-6-5-9-15(25)10-13/h2-11,25H,1H3,(H,23,26)/b20-11+. The quantitative estimate of drug-likeness (QED) is 0.391. The second-order valence-electron chi connectivity index (χ2n) is 5.80. The monoisotopic (exact) mass is 393 g/mol. The molecule has 2 N–H and O–H groups in total. The molecular formula is C19H15N5OS2. The number of aromatic hydroxyl groups is 1. The van der Waals surface area contributed by atoms with Crippen molar-refractivity contribution in [3.8, 4) is 27.0 Å². The van der Waals surface area contributed by atoms with Crippen molar-refractivity contribution < 1.29 is 5.11 Å². The SMILES string of the molecule is Cc1nc(-c2ccccc2)sc1-c1n[nH]c(=S)n1/N=C/c1cccc(O)c1. The molecule has 4 rings (SSSR count). The Bertz CT molecular complexity index is 1170. The van der Waals surface area contributed by atoms with E-state index in [4.69, 9.17) is 12.2 Å². The Balaban J connectivity index is 1.74. The van der Waals surface area contributed by atoms with Crippen molar-refractivity contribution in [2.45, 2.75) is 6.92 Å². The fraction of sp³-hybridized carbons (Fsp3) is 0.0526. The first-order chi connectivity index (χ1) is 13.1. The van der Waals surface area contributed by atoms with Crippen LogP contribution in [0.25, 0.3) is 21.3 Å². The zero-order chi connectivity index (χ0) is 18.8. The predicted molar refractivity (Wildman–Crippen MR) is 110 cm³/mol. The van der Waals surface area contributed by atoms with Gasteiger partial charge in [-0.2, -0.15) is 14.9 Å². The Kier molecular flexibility index (Phi) is 4.66. The molecule has 2 heterocycles. The van der Waals surface area contributed by atoms with Gasteiger partial charge in [0.2, 0.25) is 4.77 Å². The molecule has 0 saturated carbocycles. The van der Waals surface area contributed by atoms with Gasteiger partial charge in [-0.05, 0) is 36.8 Å². The van der Waals surface area contributed by atoms with E-state index in [1.54, 1.807) is 40.4 Å². The molecule has 134 valence electrons. The molecule has 0 spiro atoms. The van der Waals surface area contributed by atoms with E-state index >= 15 is 0 Å². The zero-order valence-electron chi connectivity index (χ0n) is 14.3. The number of benzene rings is 2. The van der Waals surface area contributed by atoms with Crippen LogP contribution in [0, 0.1) is 11.7 Å². The van der Waals surface area contributed by atoms with Crippen LogP contribution in [-0.2, 0) is 0 Å². The number of H-pyrrole nitrogens is 1. The van der Waals surface area contributed by atoms with E-state index in [2.05, 4.69) is 20.3 Å². The third-order valence-electron chi connectivity index (χ3n) is 3.86. The molecule has 0 aliphatic heterocycles. The summed E-state index contributed by atoms with van der Waals surface area (Å²) in [5.74, 6) is 0.786. The van der Waals surface area contributed by atoms with Crippen LogP contribution in [-0.4, -0.2) is 31.2 Å². The average molecular weight is 393 g/mol. The Labute approximate surface area is 164 Å². The van der Waals surface area contributed by atoms with Crippen molar-refractivity contribution >= 4 is 29.8 Å². The lowest BCUT2D eigenvalue weighted by molar-refractivity contribution is 0.475. The van der Waals surface area contributed by atoms with Gasteiger partial charge in [0.15, 0.2) is 5.82 Å². The number of aryl methyl sites for hydroxylation is 1. The second kappa shape index (κ2) is 7.26. The number of phenolic OH excluding ortho intramolecular Hbond substituents is 1. The highest BCUT2D eigenvalue weighted by Crippen LogP contribution is 2.34. The van der Waals surface area contributed by atoms with Crippen LogP contribution in [0.1, 0.15) is 11.3 Å². The highest BCUT2D eigenvalue weighted by Gasteiger charge is 2.17. The minimum atomic E-state index is 0.181. The maximum atomic E-state index is 9.59. The van der Waals surface area contributed by atoms with Crippen molar-refractivity contribution in [3.63, 3.8) is 0 Å². The molecule has 0 radical (unpaired) electrons. The number of rotatable bonds is 4. The molecule has 2 aromatic heterocycles. The summed E-state index contributed by atoms with van der Waals surface area (Å²) in [5, 5.41) is 22.1. The molecule has 0 fully saturated rings. The van der Waals surface area contributed by atoms with Gasteiger partial charge >= 0.3 is 0 Å². The number of thiazole rings is 1. The third kappa shape index (κ3) is 3.57. The Morgan fingerprint density at radius 3 is 2.78 bits per heavy atom.